The molecule has 0 bridgehead atoms. The van der Waals surface area contributed by atoms with Crippen LogP contribution in [0.1, 0.15) is 11.8 Å². The summed E-state index contributed by atoms with van der Waals surface area (Å²) >= 11 is 1.21. The smallest absolute Gasteiger partial charge is 0.252 e. The lowest BCUT2D eigenvalue weighted by Crippen LogP contribution is -2.46. The van der Waals surface area contributed by atoms with Crippen LogP contribution in [0.2, 0.25) is 0 Å². The maximum absolute atomic E-state index is 12.4. The average molecular weight is 303 g/mol. The number of nitrogens with zero attached hydrogens (tertiary/aromatic N) is 1. The lowest BCUT2D eigenvalue weighted by molar-refractivity contribution is -0.119. The Morgan fingerprint density at radius 3 is 2.74 bits per heavy atom. The van der Waals surface area contributed by atoms with Gasteiger partial charge in [-0.15, -0.1) is 11.3 Å². The maximum atomic E-state index is 12.4. The number of nitrogens with one attached hydrogen (secondary N) is 2. The fraction of sp³-hybridized carbons (Fsp3) is 0.545. The minimum absolute atomic E-state index is 0.125. The molecule has 6 nitrogen and oxygen atoms in total. The van der Waals surface area contributed by atoms with Crippen LogP contribution in [0, 0.1) is 0 Å². The van der Waals surface area contributed by atoms with E-state index < -0.39 is 10.0 Å². The molecule has 2 heterocycles. The Kier molecular flexibility index (Phi) is 4.56. The molecular formula is C11H17N3O3S2. The Morgan fingerprint density at radius 1 is 1.42 bits per heavy atom. The highest BCUT2D eigenvalue weighted by atomic mass is 32.2. The molecule has 19 heavy (non-hydrogen) atoms. The normalized spacial score (nSPS) is 17.3. The Morgan fingerprint density at radius 2 is 2.11 bits per heavy atom. The number of amides is 1. The van der Waals surface area contributed by atoms with Crippen molar-refractivity contribution in [2.75, 3.05) is 26.2 Å². The summed E-state index contributed by atoms with van der Waals surface area (Å²) in [6.07, 6.45) is 0. The minimum Gasteiger partial charge on any atom is -0.351 e. The summed E-state index contributed by atoms with van der Waals surface area (Å²) in [7, 11) is -3.38. The molecule has 106 valence electrons. The third-order valence-corrected chi connectivity index (χ3v) is 6.27. The number of sulfonamides is 1. The largest absolute Gasteiger partial charge is 0.351 e. The number of hydrogen-bond acceptors (Lipinski definition) is 5. The van der Waals surface area contributed by atoms with Crippen molar-refractivity contribution in [2.45, 2.75) is 17.7 Å². The number of carbonyl (C=O) groups is 1. The van der Waals surface area contributed by atoms with E-state index in [4.69, 9.17) is 0 Å². The summed E-state index contributed by atoms with van der Waals surface area (Å²) in [4.78, 5) is 11.7. The molecule has 0 spiro atoms. The third-order valence-electron chi connectivity index (χ3n) is 2.82. The predicted molar refractivity (Wildman–Crippen MR) is 73.5 cm³/mol. The molecule has 1 aromatic heterocycles. The number of carbonyl (C=O) groups excluding carboxylic acids is 1. The van der Waals surface area contributed by atoms with Gasteiger partial charge in [0.25, 0.3) is 10.0 Å². The van der Waals surface area contributed by atoms with Crippen LogP contribution in [-0.2, 0) is 21.4 Å². The number of rotatable bonds is 4. The van der Waals surface area contributed by atoms with Crippen molar-refractivity contribution in [3.8, 4) is 0 Å². The SMILES string of the molecule is CC(=O)NCc1ccc(S(=O)(=O)N2CCNCC2)s1. The van der Waals surface area contributed by atoms with E-state index in [-0.39, 0.29) is 5.91 Å². The van der Waals surface area contributed by atoms with Gasteiger partial charge in [-0.1, -0.05) is 0 Å². The summed E-state index contributed by atoms with van der Waals surface area (Å²) in [5, 5.41) is 5.79. The van der Waals surface area contributed by atoms with Crippen molar-refractivity contribution in [3.63, 3.8) is 0 Å². The van der Waals surface area contributed by atoms with Crippen molar-refractivity contribution in [1.29, 1.82) is 0 Å². The molecule has 0 atom stereocenters. The number of thiophene rings is 1. The molecule has 1 aliphatic rings. The first-order valence-electron chi connectivity index (χ1n) is 6.04. The molecule has 0 radical (unpaired) electrons. The Bertz CT molecular complexity index is 547. The summed E-state index contributed by atoms with van der Waals surface area (Å²) in [6, 6.07) is 3.36. The van der Waals surface area contributed by atoms with Crippen LogP contribution in [0.3, 0.4) is 0 Å². The van der Waals surface area contributed by atoms with Gasteiger partial charge in [-0.3, -0.25) is 4.79 Å². The van der Waals surface area contributed by atoms with Crippen LogP contribution < -0.4 is 10.6 Å². The Balaban J connectivity index is 2.10. The van der Waals surface area contributed by atoms with Crippen molar-refractivity contribution in [2.24, 2.45) is 0 Å². The zero-order chi connectivity index (χ0) is 13.9. The number of hydrogen-bond donors (Lipinski definition) is 2. The van der Waals surface area contributed by atoms with Gasteiger partial charge in [0.1, 0.15) is 4.21 Å². The zero-order valence-corrected chi connectivity index (χ0v) is 12.3. The molecule has 8 heteroatoms. The molecule has 1 saturated heterocycles. The van der Waals surface area contributed by atoms with E-state index in [0.29, 0.717) is 36.9 Å². The molecule has 2 N–H and O–H groups in total. The van der Waals surface area contributed by atoms with Gasteiger partial charge in [-0.05, 0) is 12.1 Å². The van der Waals surface area contributed by atoms with E-state index in [1.165, 1.54) is 22.6 Å². The van der Waals surface area contributed by atoms with E-state index in [2.05, 4.69) is 10.6 Å². The van der Waals surface area contributed by atoms with Crippen LogP contribution in [0.15, 0.2) is 16.3 Å². The molecule has 2 rings (SSSR count). The van der Waals surface area contributed by atoms with E-state index in [0.717, 1.165) is 4.88 Å². The van der Waals surface area contributed by atoms with Gasteiger partial charge in [0.2, 0.25) is 5.91 Å². The second kappa shape index (κ2) is 6.00. The molecule has 0 aromatic carbocycles. The van der Waals surface area contributed by atoms with Crippen LogP contribution in [-0.4, -0.2) is 44.8 Å². The second-order valence-electron chi connectivity index (χ2n) is 4.28. The summed E-state index contributed by atoms with van der Waals surface area (Å²) < 4.78 is 26.6. The molecule has 0 saturated carbocycles. The van der Waals surface area contributed by atoms with Gasteiger partial charge in [-0.2, -0.15) is 4.31 Å². The van der Waals surface area contributed by atoms with Crippen molar-refractivity contribution in [3.05, 3.63) is 17.0 Å². The van der Waals surface area contributed by atoms with Crippen molar-refractivity contribution < 1.29 is 13.2 Å². The Hall–Kier alpha value is -0.960. The monoisotopic (exact) mass is 303 g/mol. The first-order chi connectivity index (χ1) is 9.00. The topological polar surface area (TPSA) is 78.5 Å². The van der Waals surface area contributed by atoms with Crippen LogP contribution >= 0.6 is 11.3 Å². The van der Waals surface area contributed by atoms with Crippen LogP contribution in [0.4, 0.5) is 0 Å². The summed E-state index contributed by atoms with van der Waals surface area (Å²) in [6.45, 7) is 4.18. The molecule has 1 aliphatic heterocycles. The van der Waals surface area contributed by atoms with E-state index in [1.807, 2.05) is 0 Å². The number of piperazine rings is 1. The van der Waals surface area contributed by atoms with Gasteiger partial charge in [-0.25, -0.2) is 8.42 Å². The second-order valence-corrected chi connectivity index (χ2v) is 7.62. The standard InChI is InChI=1S/C11H17N3O3S2/c1-9(15)13-8-10-2-3-11(18-10)19(16,17)14-6-4-12-5-7-14/h2-3,12H,4-8H2,1H3,(H,13,15). The average Bonchev–Trinajstić information content (AvgIpc) is 2.87. The minimum atomic E-state index is -3.38. The molecule has 0 unspecified atom stereocenters. The first-order valence-corrected chi connectivity index (χ1v) is 8.30. The van der Waals surface area contributed by atoms with E-state index in [9.17, 15) is 13.2 Å². The van der Waals surface area contributed by atoms with Gasteiger partial charge in [0.05, 0.1) is 6.54 Å². The summed E-state index contributed by atoms with van der Waals surface area (Å²) in [5.74, 6) is -0.125. The van der Waals surface area contributed by atoms with Gasteiger partial charge >= 0.3 is 0 Å². The van der Waals surface area contributed by atoms with Crippen molar-refractivity contribution in [1.82, 2.24) is 14.9 Å². The molecule has 1 fully saturated rings. The molecular weight excluding hydrogens is 286 g/mol. The predicted octanol–water partition coefficient (Wildman–Crippen LogP) is -0.0219. The quantitative estimate of drug-likeness (QED) is 0.819. The molecule has 1 aromatic rings. The maximum Gasteiger partial charge on any atom is 0.252 e. The van der Waals surface area contributed by atoms with E-state index in [1.54, 1.807) is 12.1 Å². The molecule has 0 aliphatic carbocycles. The molecule has 1 amide bonds. The highest BCUT2D eigenvalue weighted by molar-refractivity contribution is 7.91. The van der Waals surface area contributed by atoms with Gasteiger partial charge in [0, 0.05) is 38.0 Å². The fourth-order valence-electron chi connectivity index (χ4n) is 1.82. The first kappa shape index (κ1) is 14.4. The highest BCUT2D eigenvalue weighted by Crippen LogP contribution is 2.25. The van der Waals surface area contributed by atoms with Gasteiger partial charge < -0.3 is 10.6 Å². The van der Waals surface area contributed by atoms with Crippen molar-refractivity contribution >= 4 is 27.3 Å². The Labute approximate surface area is 116 Å². The lowest BCUT2D eigenvalue weighted by Gasteiger charge is -2.25. The third kappa shape index (κ3) is 3.53. The van der Waals surface area contributed by atoms with Crippen LogP contribution in [0.5, 0.6) is 0 Å². The van der Waals surface area contributed by atoms with Gasteiger partial charge in [0.15, 0.2) is 0 Å². The fourth-order valence-corrected chi connectivity index (χ4v) is 4.71. The summed E-state index contributed by atoms with van der Waals surface area (Å²) in [5.41, 5.74) is 0. The highest BCUT2D eigenvalue weighted by Gasteiger charge is 2.27. The lowest BCUT2D eigenvalue weighted by atomic mass is 10.4. The zero-order valence-electron chi connectivity index (χ0n) is 10.7. The van der Waals surface area contributed by atoms with Crippen LogP contribution in [0.25, 0.3) is 0 Å². The van der Waals surface area contributed by atoms with E-state index >= 15 is 0 Å².